The Morgan fingerprint density at radius 1 is 1.15 bits per heavy atom. The second-order valence-electron chi connectivity index (χ2n) is 6.49. The van der Waals surface area contributed by atoms with Crippen molar-refractivity contribution in [3.63, 3.8) is 0 Å². The molecule has 3 rings (SSSR count). The summed E-state index contributed by atoms with van der Waals surface area (Å²) in [5.74, 6) is 0. The minimum Gasteiger partial charge on any atom is -0.298 e. The van der Waals surface area contributed by atoms with Crippen LogP contribution in [0.4, 0.5) is 5.69 Å². The summed E-state index contributed by atoms with van der Waals surface area (Å²) in [5, 5.41) is 0. The van der Waals surface area contributed by atoms with Gasteiger partial charge >= 0.3 is 0 Å². The van der Waals surface area contributed by atoms with Gasteiger partial charge in [0.1, 0.15) is 0 Å². The Morgan fingerprint density at radius 2 is 1.90 bits per heavy atom. The van der Waals surface area contributed by atoms with Crippen molar-refractivity contribution in [3.05, 3.63) is 29.8 Å². The Hall–Kier alpha value is -1.15. The van der Waals surface area contributed by atoms with E-state index in [0.29, 0.717) is 0 Å². The third kappa shape index (κ3) is 2.42. The summed E-state index contributed by atoms with van der Waals surface area (Å²) in [5.41, 5.74) is 4.19. The summed E-state index contributed by atoms with van der Waals surface area (Å²) in [7, 11) is 0. The van der Waals surface area contributed by atoms with E-state index in [4.69, 9.17) is 4.99 Å². The fourth-order valence-corrected chi connectivity index (χ4v) is 3.78. The Morgan fingerprint density at radius 3 is 2.65 bits per heavy atom. The van der Waals surface area contributed by atoms with Crippen molar-refractivity contribution in [2.45, 2.75) is 51.4 Å². The van der Waals surface area contributed by atoms with Crippen LogP contribution in [0.1, 0.15) is 51.5 Å². The van der Waals surface area contributed by atoms with Crippen molar-refractivity contribution in [2.75, 3.05) is 19.6 Å². The summed E-state index contributed by atoms with van der Waals surface area (Å²) in [6, 6.07) is 8.72. The number of nitrogens with zero attached hydrogens (tertiary/aromatic N) is 2. The predicted octanol–water partition coefficient (Wildman–Crippen LogP) is 4.32. The van der Waals surface area contributed by atoms with Crippen molar-refractivity contribution in [1.29, 1.82) is 0 Å². The molecule has 0 N–H and O–H groups in total. The van der Waals surface area contributed by atoms with Crippen molar-refractivity contribution >= 4 is 11.4 Å². The molecule has 1 saturated heterocycles. The number of likely N-dealkylation sites (tertiary alicyclic amines) is 1. The van der Waals surface area contributed by atoms with Gasteiger partial charge < -0.3 is 0 Å². The molecule has 1 unspecified atom stereocenters. The van der Waals surface area contributed by atoms with Crippen LogP contribution >= 0.6 is 0 Å². The van der Waals surface area contributed by atoms with E-state index in [1.54, 1.807) is 0 Å². The molecule has 2 heterocycles. The molecule has 1 aromatic carbocycles. The number of aliphatic imine (C=N–C) groups is 1. The van der Waals surface area contributed by atoms with Crippen LogP contribution in [0, 0.1) is 0 Å². The molecule has 1 aromatic rings. The maximum absolute atomic E-state index is 4.99. The second-order valence-corrected chi connectivity index (χ2v) is 6.49. The van der Waals surface area contributed by atoms with E-state index in [1.165, 1.54) is 62.2 Å². The SMILES string of the molecule is CCCC1(C)C(CN2CCCCC2)=Nc2ccccc21. The zero-order valence-electron chi connectivity index (χ0n) is 12.9. The second kappa shape index (κ2) is 5.69. The number of rotatable bonds is 4. The van der Waals surface area contributed by atoms with Gasteiger partial charge in [0.2, 0.25) is 0 Å². The highest BCUT2D eigenvalue weighted by Gasteiger charge is 2.38. The molecule has 0 spiro atoms. The molecule has 0 saturated carbocycles. The highest BCUT2D eigenvalue weighted by Crippen LogP contribution is 2.43. The lowest BCUT2D eigenvalue weighted by Gasteiger charge is -2.33. The summed E-state index contributed by atoms with van der Waals surface area (Å²) < 4.78 is 0. The fourth-order valence-electron chi connectivity index (χ4n) is 3.78. The van der Waals surface area contributed by atoms with Crippen LogP contribution in [-0.4, -0.2) is 30.2 Å². The number of hydrogen-bond donors (Lipinski definition) is 0. The first-order chi connectivity index (χ1) is 9.74. The maximum atomic E-state index is 4.99. The van der Waals surface area contributed by atoms with E-state index in [1.807, 2.05) is 0 Å². The van der Waals surface area contributed by atoms with Crippen molar-refractivity contribution in [2.24, 2.45) is 4.99 Å². The summed E-state index contributed by atoms with van der Waals surface area (Å²) >= 11 is 0. The van der Waals surface area contributed by atoms with Gasteiger partial charge in [-0.15, -0.1) is 0 Å². The monoisotopic (exact) mass is 270 g/mol. The molecule has 2 nitrogen and oxygen atoms in total. The van der Waals surface area contributed by atoms with Crippen molar-refractivity contribution in [3.8, 4) is 0 Å². The molecule has 0 amide bonds. The van der Waals surface area contributed by atoms with Crippen LogP contribution < -0.4 is 0 Å². The molecular formula is C18H26N2. The van der Waals surface area contributed by atoms with E-state index in [2.05, 4.69) is 43.0 Å². The lowest BCUT2D eigenvalue weighted by atomic mass is 9.75. The van der Waals surface area contributed by atoms with Gasteiger partial charge in [0.15, 0.2) is 0 Å². The third-order valence-corrected chi connectivity index (χ3v) is 4.96. The van der Waals surface area contributed by atoms with E-state index in [-0.39, 0.29) is 5.41 Å². The Kier molecular flexibility index (Phi) is 3.93. The largest absolute Gasteiger partial charge is 0.298 e. The topological polar surface area (TPSA) is 15.6 Å². The first-order valence-corrected chi connectivity index (χ1v) is 8.14. The van der Waals surface area contributed by atoms with Crippen LogP contribution in [0.15, 0.2) is 29.3 Å². The summed E-state index contributed by atoms with van der Waals surface area (Å²) in [6.07, 6.45) is 6.52. The van der Waals surface area contributed by atoms with Gasteiger partial charge in [-0.1, -0.05) is 44.9 Å². The Labute approximate surface area is 122 Å². The minimum atomic E-state index is 0.156. The van der Waals surface area contributed by atoms with Crippen LogP contribution in [0.3, 0.4) is 0 Å². The molecule has 0 aliphatic carbocycles. The number of para-hydroxylation sites is 1. The van der Waals surface area contributed by atoms with Crippen LogP contribution in [0.5, 0.6) is 0 Å². The number of fused-ring (bicyclic) bond motifs is 1. The van der Waals surface area contributed by atoms with E-state index >= 15 is 0 Å². The average molecular weight is 270 g/mol. The van der Waals surface area contributed by atoms with Gasteiger partial charge in [-0.05, 0) is 44.0 Å². The maximum Gasteiger partial charge on any atom is 0.0671 e. The normalized spacial score (nSPS) is 26.4. The summed E-state index contributed by atoms with van der Waals surface area (Å²) in [6.45, 7) is 8.23. The number of piperidine rings is 1. The molecule has 20 heavy (non-hydrogen) atoms. The van der Waals surface area contributed by atoms with E-state index < -0.39 is 0 Å². The van der Waals surface area contributed by atoms with E-state index in [0.717, 1.165) is 6.54 Å². The summed E-state index contributed by atoms with van der Waals surface area (Å²) in [4.78, 5) is 7.59. The molecule has 1 fully saturated rings. The molecule has 0 radical (unpaired) electrons. The lowest BCUT2D eigenvalue weighted by molar-refractivity contribution is 0.255. The van der Waals surface area contributed by atoms with Gasteiger partial charge in [-0.3, -0.25) is 9.89 Å². The quantitative estimate of drug-likeness (QED) is 0.795. The fraction of sp³-hybridized carbons (Fsp3) is 0.611. The standard InChI is InChI=1S/C18H26N2/c1-3-11-18(2)15-9-5-6-10-16(15)19-17(18)14-20-12-7-4-8-13-20/h5-6,9-10H,3-4,7-8,11-14H2,1-2H3. The number of hydrogen-bond acceptors (Lipinski definition) is 2. The zero-order chi connectivity index (χ0) is 14.0. The first kappa shape index (κ1) is 13.8. The van der Waals surface area contributed by atoms with Gasteiger partial charge in [-0.25, -0.2) is 0 Å². The van der Waals surface area contributed by atoms with Crippen LogP contribution in [0.2, 0.25) is 0 Å². The lowest BCUT2D eigenvalue weighted by Crippen LogP contribution is -2.41. The Bertz CT molecular complexity index is 500. The molecular weight excluding hydrogens is 244 g/mol. The molecule has 2 aliphatic heterocycles. The third-order valence-electron chi connectivity index (χ3n) is 4.96. The van der Waals surface area contributed by atoms with Crippen molar-refractivity contribution in [1.82, 2.24) is 4.90 Å². The predicted molar refractivity (Wildman–Crippen MR) is 86.1 cm³/mol. The molecule has 0 aromatic heterocycles. The Balaban J connectivity index is 1.85. The minimum absolute atomic E-state index is 0.156. The zero-order valence-corrected chi connectivity index (χ0v) is 12.9. The molecule has 0 bridgehead atoms. The van der Waals surface area contributed by atoms with Crippen molar-refractivity contribution < 1.29 is 0 Å². The van der Waals surface area contributed by atoms with Crippen LogP contribution in [0.25, 0.3) is 0 Å². The molecule has 2 heteroatoms. The van der Waals surface area contributed by atoms with Gasteiger partial charge in [0, 0.05) is 17.7 Å². The first-order valence-electron chi connectivity index (χ1n) is 8.14. The van der Waals surface area contributed by atoms with Gasteiger partial charge in [0.25, 0.3) is 0 Å². The number of benzene rings is 1. The smallest absolute Gasteiger partial charge is 0.0671 e. The average Bonchev–Trinajstić information content (AvgIpc) is 2.74. The highest BCUT2D eigenvalue weighted by atomic mass is 15.1. The highest BCUT2D eigenvalue weighted by molar-refractivity contribution is 6.02. The molecule has 2 aliphatic rings. The van der Waals surface area contributed by atoms with Crippen LogP contribution in [-0.2, 0) is 5.41 Å². The molecule has 1 atom stereocenters. The molecule has 108 valence electrons. The van der Waals surface area contributed by atoms with Gasteiger partial charge in [-0.2, -0.15) is 0 Å². The van der Waals surface area contributed by atoms with E-state index in [9.17, 15) is 0 Å². The van der Waals surface area contributed by atoms with Gasteiger partial charge in [0.05, 0.1) is 5.69 Å².